The van der Waals surface area contributed by atoms with Gasteiger partial charge in [-0.2, -0.15) is 0 Å². The maximum atomic E-state index is 12.5. The molecule has 0 aromatic heterocycles. The number of hydrogen-bond donors (Lipinski definition) is 1. The van der Waals surface area contributed by atoms with E-state index in [1.807, 2.05) is 6.07 Å². The quantitative estimate of drug-likeness (QED) is 0.821. The Kier molecular flexibility index (Phi) is 3.82. The lowest BCUT2D eigenvalue weighted by Gasteiger charge is -2.42. The fourth-order valence-electron chi connectivity index (χ4n) is 4.56. The first-order valence-corrected chi connectivity index (χ1v) is 8.67. The summed E-state index contributed by atoms with van der Waals surface area (Å²) in [5.41, 5.74) is 3.83. The number of phenolic OH excluding ortho intramolecular Hbond substituents is 1. The number of aromatic hydroxyl groups is 1. The maximum Gasteiger partial charge on any atom is 0.136 e. The Morgan fingerprint density at radius 3 is 2.59 bits per heavy atom. The van der Waals surface area contributed by atoms with Crippen LogP contribution in [0.2, 0.25) is 0 Å². The van der Waals surface area contributed by atoms with Gasteiger partial charge in [0.2, 0.25) is 0 Å². The smallest absolute Gasteiger partial charge is 0.136 e. The first-order valence-electron chi connectivity index (χ1n) is 8.67. The van der Waals surface area contributed by atoms with E-state index in [0.29, 0.717) is 23.4 Å². The summed E-state index contributed by atoms with van der Waals surface area (Å²) < 4.78 is 0. The van der Waals surface area contributed by atoms with Gasteiger partial charge in [0.15, 0.2) is 0 Å². The van der Waals surface area contributed by atoms with Crippen LogP contribution in [0, 0.1) is 17.3 Å². The summed E-state index contributed by atoms with van der Waals surface area (Å²) in [4.78, 5) is 12.5. The SMILES string of the molecule is CC(C)c1cc2c(cc1O)C[C@H]1C(=O)CCC(C)(C)[C@@H]1CC2. The molecule has 0 unspecified atom stereocenters. The number of ketones is 1. The molecule has 2 nitrogen and oxygen atoms in total. The number of Topliss-reactive ketones (excluding diaryl/α,β-unsaturated/α-hetero) is 1. The van der Waals surface area contributed by atoms with E-state index >= 15 is 0 Å². The van der Waals surface area contributed by atoms with Crippen molar-refractivity contribution in [3.05, 3.63) is 28.8 Å². The Morgan fingerprint density at radius 2 is 1.91 bits per heavy atom. The molecular formula is C20H28O2. The van der Waals surface area contributed by atoms with Crippen LogP contribution in [0.5, 0.6) is 5.75 Å². The molecule has 120 valence electrons. The molecule has 0 radical (unpaired) electrons. The van der Waals surface area contributed by atoms with Crippen LogP contribution in [-0.2, 0) is 17.6 Å². The Hall–Kier alpha value is -1.31. The van der Waals surface area contributed by atoms with Gasteiger partial charge in [0, 0.05) is 12.3 Å². The zero-order valence-electron chi connectivity index (χ0n) is 14.3. The number of aryl methyl sites for hydroxylation is 1. The second-order valence-electron chi connectivity index (χ2n) is 8.25. The Morgan fingerprint density at radius 1 is 1.18 bits per heavy atom. The first-order chi connectivity index (χ1) is 10.3. The molecule has 1 saturated carbocycles. The normalized spacial score (nSPS) is 27.2. The molecule has 22 heavy (non-hydrogen) atoms. The predicted molar refractivity (Wildman–Crippen MR) is 89.2 cm³/mol. The number of rotatable bonds is 1. The van der Waals surface area contributed by atoms with Gasteiger partial charge in [0.25, 0.3) is 0 Å². The predicted octanol–water partition coefficient (Wildman–Crippen LogP) is 4.63. The molecule has 0 aliphatic heterocycles. The molecule has 1 fully saturated rings. The standard InChI is InChI=1S/C20H28O2/c1-12(2)15-9-13-5-6-17-16(10-14(13)11-19(15)22)18(21)7-8-20(17,3)4/h9,11-12,16-17,22H,5-8,10H2,1-4H3/t16-,17-/m1/s1. The third kappa shape index (κ3) is 2.57. The monoisotopic (exact) mass is 300 g/mol. The average Bonchev–Trinajstić information content (AvgIpc) is 2.62. The largest absolute Gasteiger partial charge is 0.508 e. The topological polar surface area (TPSA) is 37.3 Å². The van der Waals surface area contributed by atoms with Crippen molar-refractivity contribution in [2.75, 3.05) is 0 Å². The van der Waals surface area contributed by atoms with Crippen LogP contribution in [0.4, 0.5) is 0 Å². The second-order valence-corrected chi connectivity index (χ2v) is 8.25. The fourth-order valence-corrected chi connectivity index (χ4v) is 4.56. The molecule has 0 amide bonds. The van der Waals surface area contributed by atoms with Gasteiger partial charge < -0.3 is 5.11 Å². The molecule has 0 spiro atoms. The lowest BCUT2D eigenvalue weighted by molar-refractivity contribution is -0.131. The zero-order valence-corrected chi connectivity index (χ0v) is 14.3. The summed E-state index contributed by atoms with van der Waals surface area (Å²) in [6.07, 6.45) is 4.69. The third-order valence-corrected chi connectivity index (χ3v) is 6.05. The third-order valence-electron chi connectivity index (χ3n) is 6.05. The van der Waals surface area contributed by atoms with Gasteiger partial charge in [0.05, 0.1) is 0 Å². The number of phenols is 1. The van der Waals surface area contributed by atoms with E-state index < -0.39 is 0 Å². The molecule has 0 bridgehead atoms. The molecule has 2 aliphatic rings. The highest BCUT2D eigenvalue weighted by atomic mass is 16.3. The summed E-state index contributed by atoms with van der Waals surface area (Å²) in [6.45, 7) is 8.88. The molecule has 1 aromatic rings. The van der Waals surface area contributed by atoms with Gasteiger partial charge in [-0.3, -0.25) is 4.79 Å². The molecule has 1 aromatic carbocycles. The highest BCUT2D eigenvalue weighted by molar-refractivity contribution is 5.83. The van der Waals surface area contributed by atoms with E-state index in [1.54, 1.807) is 0 Å². The van der Waals surface area contributed by atoms with Crippen molar-refractivity contribution in [2.24, 2.45) is 17.3 Å². The zero-order chi connectivity index (χ0) is 16.1. The number of carbonyl (C=O) groups is 1. The van der Waals surface area contributed by atoms with E-state index in [-0.39, 0.29) is 11.3 Å². The average molecular weight is 300 g/mol. The highest BCUT2D eigenvalue weighted by Crippen LogP contribution is 2.48. The number of hydrogen-bond acceptors (Lipinski definition) is 2. The molecule has 2 atom stereocenters. The van der Waals surface area contributed by atoms with Gasteiger partial charge in [-0.1, -0.05) is 33.8 Å². The molecule has 3 rings (SSSR count). The fraction of sp³-hybridized carbons (Fsp3) is 0.650. The van der Waals surface area contributed by atoms with Crippen LogP contribution in [-0.4, -0.2) is 10.9 Å². The van der Waals surface area contributed by atoms with Gasteiger partial charge in [-0.25, -0.2) is 0 Å². The van der Waals surface area contributed by atoms with Crippen LogP contribution in [0.3, 0.4) is 0 Å². The Bertz CT molecular complexity index is 598. The lowest BCUT2D eigenvalue weighted by Crippen LogP contribution is -2.40. The van der Waals surface area contributed by atoms with E-state index in [4.69, 9.17) is 0 Å². The van der Waals surface area contributed by atoms with Crippen molar-refractivity contribution in [3.63, 3.8) is 0 Å². The summed E-state index contributed by atoms with van der Waals surface area (Å²) in [6, 6.07) is 4.12. The van der Waals surface area contributed by atoms with E-state index in [0.717, 1.165) is 37.7 Å². The van der Waals surface area contributed by atoms with Crippen LogP contribution in [0.1, 0.15) is 69.6 Å². The van der Waals surface area contributed by atoms with Crippen molar-refractivity contribution in [1.29, 1.82) is 0 Å². The Balaban J connectivity index is 2.00. The van der Waals surface area contributed by atoms with Crippen molar-refractivity contribution in [2.45, 2.75) is 65.7 Å². The summed E-state index contributed by atoms with van der Waals surface area (Å²) >= 11 is 0. The summed E-state index contributed by atoms with van der Waals surface area (Å²) in [5, 5.41) is 10.3. The van der Waals surface area contributed by atoms with Gasteiger partial charge in [-0.05, 0) is 65.7 Å². The van der Waals surface area contributed by atoms with Crippen molar-refractivity contribution < 1.29 is 9.90 Å². The minimum Gasteiger partial charge on any atom is -0.508 e. The van der Waals surface area contributed by atoms with Crippen molar-refractivity contribution >= 4 is 5.78 Å². The van der Waals surface area contributed by atoms with Gasteiger partial charge in [0.1, 0.15) is 11.5 Å². The minimum atomic E-state index is 0.147. The van der Waals surface area contributed by atoms with Crippen LogP contribution < -0.4 is 0 Å². The number of benzene rings is 1. The molecule has 1 N–H and O–H groups in total. The minimum absolute atomic E-state index is 0.147. The molecule has 0 saturated heterocycles. The first kappa shape index (κ1) is 15.6. The van der Waals surface area contributed by atoms with Crippen LogP contribution in [0.15, 0.2) is 12.1 Å². The second kappa shape index (κ2) is 5.40. The number of carbonyl (C=O) groups excluding carboxylic acids is 1. The van der Waals surface area contributed by atoms with E-state index in [2.05, 4.69) is 33.8 Å². The van der Waals surface area contributed by atoms with Crippen LogP contribution >= 0.6 is 0 Å². The van der Waals surface area contributed by atoms with E-state index in [9.17, 15) is 9.90 Å². The van der Waals surface area contributed by atoms with Gasteiger partial charge in [-0.15, -0.1) is 0 Å². The molecular weight excluding hydrogens is 272 g/mol. The lowest BCUT2D eigenvalue weighted by atomic mass is 9.61. The van der Waals surface area contributed by atoms with Gasteiger partial charge >= 0.3 is 0 Å². The highest BCUT2D eigenvalue weighted by Gasteiger charge is 2.44. The van der Waals surface area contributed by atoms with Crippen LogP contribution in [0.25, 0.3) is 0 Å². The summed E-state index contributed by atoms with van der Waals surface area (Å²) in [7, 11) is 0. The van der Waals surface area contributed by atoms with E-state index in [1.165, 1.54) is 11.1 Å². The Labute approximate surface area is 133 Å². The van der Waals surface area contributed by atoms with Crippen molar-refractivity contribution in [3.8, 4) is 5.75 Å². The molecule has 2 aliphatic carbocycles. The number of fused-ring (bicyclic) bond motifs is 2. The summed E-state index contributed by atoms with van der Waals surface area (Å²) in [5.74, 6) is 1.79. The maximum absolute atomic E-state index is 12.5. The molecule has 0 heterocycles. The van der Waals surface area contributed by atoms with Crippen molar-refractivity contribution in [1.82, 2.24) is 0 Å². The molecule has 2 heteroatoms.